The van der Waals surface area contributed by atoms with E-state index in [0.29, 0.717) is 0 Å². The second-order valence-electron chi connectivity index (χ2n) is 6.06. The summed E-state index contributed by atoms with van der Waals surface area (Å²) in [7, 11) is 0. The van der Waals surface area contributed by atoms with E-state index in [9.17, 15) is 4.79 Å². The van der Waals surface area contributed by atoms with Gasteiger partial charge in [0.2, 0.25) is 0 Å². The molecule has 25 heavy (non-hydrogen) atoms. The Balaban J connectivity index is 0.00000225. The number of amides is 1. The lowest BCUT2D eigenvalue weighted by Crippen LogP contribution is -2.49. The summed E-state index contributed by atoms with van der Waals surface area (Å²) < 4.78 is 10.8. The van der Waals surface area contributed by atoms with Gasteiger partial charge >= 0.3 is 0 Å². The minimum absolute atomic E-state index is 0. The molecule has 1 aliphatic heterocycles. The number of carbonyl (C=O) groups is 1. The number of halogens is 1. The molecule has 6 nitrogen and oxygen atoms in total. The SMILES string of the molecule is Cc1noc(C)c1CN1CCN(C(=O)COc2ccccc2)CC1.Cl. The van der Waals surface area contributed by atoms with Gasteiger partial charge in [0.1, 0.15) is 11.5 Å². The second kappa shape index (κ2) is 8.87. The third-order valence-electron chi connectivity index (χ3n) is 4.39. The van der Waals surface area contributed by atoms with Gasteiger partial charge in [-0.15, -0.1) is 12.4 Å². The predicted molar refractivity (Wildman–Crippen MR) is 97.0 cm³/mol. The van der Waals surface area contributed by atoms with E-state index in [0.717, 1.165) is 55.5 Å². The second-order valence-corrected chi connectivity index (χ2v) is 6.06. The van der Waals surface area contributed by atoms with Crippen molar-refractivity contribution in [3.63, 3.8) is 0 Å². The molecule has 1 saturated heterocycles. The van der Waals surface area contributed by atoms with Gasteiger partial charge in [0, 0.05) is 38.3 Å². The first-order valence-electron chi connectivity index (χ1n) is 8.23. The van der Waals surface area contributed by atoms with Crippen molar-refractivity contribution in [3.05, 3.63) is 47.3 Å². The highest BCUT2D eigenvalue weighted by molar-refractivity contribution is 5.85. The molecule has 0 radical (unpaired) electrons. The van der Waals surface area contributed by atoms with Crippen molar-refractivity contribution in [3.8, 4) is 5.75 Å². The number of aromatic nitrogens is 1. The number of para-hydroxylation sites is 1. The van der Waals surface area contributed by atoms with Gasteiger partial charge in [0.05, 0.1) is 5.69 Å². The molecule has 0 saturated carbocycles. The van der Waals surface area contributed by atoms with Crippen molar-refractivity contribution in [2.45, 2.75) is 20.4 Å². The summed E-state index contributed by atoms with van der Waals surface area (Å²) >= 11 is 0. The molecule has 0 unspecified atom stereocenters. The molecule has 1 amide bonds. The minimum atomic E-state index is 0. The largest absolute Gasteiger partial charge is 0.484 e. The normalized spacial score (nSPS) is 14.9. The van der Waals surface area contributed by atoms with Gasteiger partial charge in [-0.25, -0.2) is 0 Å². The average Bonchev–Trinajstić information content (AvgIpc) is 2.93. The Kier molecular flexibility index (Phi) is 6.84. The standard InChI is InChI=1S/C18H23N3O3.ClH/c1-14-17(15(2)24-19-14)12-20-8-10-21(11-9-20)18(22)13-23-16-6-4-3-5-7-16;/h3-7H,8-13H2,1-2H3;1H. The van der Waals surface area contributed by atoms with Gasteiger partial charge < -0.3 is 14.2 Å². The Hall–Kier alpha value is -2.05. The summed E-state index contributed by atoms with van der Waals surface area (Å²) in [5.41, 5.74) is 2.10. The zero-order valence-corrected chi connectivity index (χ0v) is 15.4. The van der Waals surface area contributed by atoms with Crippen molar-refractivity contribution in [1.29, 1.82) is 0 Å². The fourth-order valence-corrected chi connectivity index (χ4v) is 2.86. The maximum absolute atomic E-state index is 12.3. The molecule has 1 aromatic carbocycles. The van der Waals surface area contributed by atoms with Crippen LogP contribution < -0.4 is 4.74 Å². The Morgan fingerprint density at radius 3 is 2.44 bits per heavy atom. The third kappa shape index (κ3) is 4.96. The van der Waals surface area contributed by atoms with Crippen molar-refractivity contribution in [1.82, 2.24) is 15.0 Å². The summed E-state index contributed by atoms with van der Waals surface area (Å²) in [6.45, 7) is 7.96. The number of aryl methyl sites for hydroxylation is 2. The molecule has 0 spiro atoms. The summed E-state index contributed by atoms with van der Waals surface area (Å²) in [6, 6.07) is 9.43. The van der Waals surface area contributed by atoms with Gasteiger partial charge in [0.15, 0.2) is 6.61 Å². The summed E-state index contributed by atoms with van der Waals surface area (Å²) in [5.74, 6) is 1.64. The molecule has 0 N–H and O–H groups in total. The molecule has 1 fully saturated rings. The molecular weight excluding hydrogens is 342 g/mol. The van der Waals surface area contributed by atoms with E-state index in [-0.39, 0.29) is 24.9 Å². The van der Waals surface area contributed by atoms with Crippen LogP contribution in [0.25, 0.3) is 0 Å². The van der Waals surface area contributed by atoms with Crippen LogP contribution in [0.4, 0.5) is 0 Å². The number of ether oxygens (including phenoxy) is 1. The molecule has 0 aliphatic carbocycles. The average molecular weight is 366 g/mol. The zero-order valence-electron chi connectivity index (χ0n) is 14.6. The van der Waals surface area contributed by atoms with Crippen LogP contribution in [0.1, 0.15) is 17.0 Å². The van der Waals surface area contributed by atoms with E-state index in [1.807, 2.05) is 49.1 Å². The molecule has 2 heterocycles. The Bertz CT molecular complexity index is 663. The Labute approximate surface area is 154 Å². The maximum atomic E-state index is 12.3. The van der Waals surface area contributed by atoms with Crippen molar-refractivity contribution in [2.24, 2.45) is 0 Å². The van der Waals surface area contributed by atoms with E-state index >= 15 is 0 Å². The molecular formula is C18H24ClN3O3. The monoisotopic (exact) mass is 365 g/mol. The first-order valence-corrected chi connectivity index (χ1v) is 8.23. The van der Waals surface area contributed by atoms with Crippen LogP contribution >= 0.6 is 12.4 Å². The molecule has 7 heteroatoms. The van der Waals surface area contributed by atoms with Gasteiger partial charge in [-0.1, -0.05) is 23.4 Å². The van der Waals surface area contributed by atoms with E-state index < -0.39 is 0 Å². The van der Waals surface area contributed by atoms with Crippen LogP contribution in [0.15, 0.2) is 34.9 Å². The molecule has 1 aromatic heterocycles. The first-order chi connectivity index (χ1) is 11.6. The topological polar surface area (TPSA) is 58.8 Å². The van der Waals surface area contributed by atoms with Gasteiger partial charge in [-0.05, 0) is 26.0 Å². The highest BCUT2D eigenvalue weighted by Gasteiger charge is 2.23. The number of hydrogen-bond donors (Lipinski definition) is 0. The van der Waals surface area contributed by atoms with E-state index in [1.165, 1.54) is 0 Å². The molecule has 3 rings (SSSR count). The van der Waals surface area contributed by atoms with Crippen LogP contribution in [0.2, 0.25) is 0 Å². The fourth-order valence-electron chi connectivity index (χ4n) is 2.86. The van der Waals surface area contributed by atoms with Crippen LogP contribution in [0.5, 0.6) is 5.75 Å². The maximum Gasteiger partial charge on any atom is 0.260 e. The van der Waals surface area contributed by atoms with E-state index in [1.54, 1.807) is 0 Å². The lowest BCUT2D eigenvalue weighted by atomic mass is 10.2. The van der Waals surface area contributed by atoms with Gasteiger partial charge in [-0.2, -0.15) is 0 Å². The third-order valence-corrected chi connectivity index (χ3v) is 4.39. The number of piperazine rings is 1. The van der Waals surface area contributed by atoms with Crippen LogP contribution in [0, 0.1) is 13.8 Å². The van der Waals surface area contributed by atoms with Crippen LogP contribution in [0.3, 0.4) is 0 Å². The van der Waals surface area contributed by atoms with Crippen molar-refractivity contribution in [2.75, 3.05) is 32.8 Å². The Morgan fingerprint density at radius 1 is 1.16 bits per heavy atom. The summed E-state index contributed by atoms with van der Waals surface area (Å²) in [6.07, 6.45) is 0. The zero-order chi connectivity index (χ0) is 16.9. The van der Waals surface area contributed by atoms with Crippen LogP contribution in [-0.2, 0) is 11.3 Å². The summed E-state index contributed by atoms with van der Waals surface area (Å²) in [5, 5.41) is 4.00. The minimum Gasteiger partial charge on any atom is -0.484 e. The first kappa shape index (κ1) is 19.3. The molecule has 1 aliphatic rings. The summed E-state index contributed by atoms with van der Waals surface area (Å²) in [4.78, 5) is 16.5. The van der Waals surface area contributed by atoms with Gasteiger partial charge in [0.25, 0.3) is 5.91 Å². The van der Waals surface area contributed by atoms with Crippen molar-refractivity contribution < 1.29 is 14.1 Å². The van der Waals surface area contributed by atoms with E-state index in [4.69, 9.17) is 9.26 Å². The quantitative estimate of drug-likeness (QED) is 0.814. The highest BCUT2D eigenvalue weighted by Crippen LogP contribution is 2.16. The van der Waals surface area contributed by atoms with Crippen molar-refractivity contribution >= 4 is 18.3 Å². The lowest BCUT2D eigenvalue weighted by Gasteiger charge is -2.34. The predicted octanol–water partition coefficient (Wildman–Crippen LogP) is 2.44. The number of nitrogens with zero attached hydrogens (tertiary/aromatic N) is 3. The highest BCUT2D eigenvalue weighted by atomic mass is 35.5. The number of carbonyl (C=O) groups excluding carboxylic acids is 1. The molecule has 0 atom stereocenters. The number of benzene rings is 1. The molecule has 0 bridgehead atoms. The molecule has 2 aromatic rings. The fraction of sp³-hybridized carbons (Fsp3) is 0.444. The van der Waals surface area contributed by atoms with Gasteiger partial charge in [-0.3, -0.25) is 9.69 Å². The molecule has 136 valence electrons. The Morgan fingerprint density at radius 2 is 1.84 bits per heavy atom. The smallest absolute Gasteiger partial charge is 0.260 e. The number of hydrogen-bond acceptors (Lipinski definition) is 5. The lowest BCUT2D eigenvalue weighted by molar-refractivity contribution is -0.135. The number of rotatable bonds is 5. The van der Waals surface area contributed by atoms with Crippen LogP contribution in [-0.4, -0.2) is 53.6 Å². The van der Waals surface area contributed by atoms with E-state index in [2.05, 4.69) is 10.1 Å².